The SMILES string of the molecule is CC(C)(C(=O)Nc1ccc(C(F)(F)F)cc1)C(=O)Nc1cccc(Cl)c1. The van der Waals surface area contributed by atoms with Crippen LogP contribution < -0.4 is 10.6 Å². The van der Waals surface area contributed by atoms with Gasteiger partial charge in [0.05, 0.1) is 5.56 Å². The highest BCUT2D eigenvalue weighted by Gasteiger charge is 2.36. The van der Waals surface area contributed by atoms with E-state index in [0.717, 1.165) is 24.3 Å². The van der Waals surface area contributed by atoms with Crippen molar-refractivity contribution in [2.24, 2.45) is 5.41 Å². The quantitative estimate of drug-likeness (QED) is 0.732. The number of benzene rings is 2. The summed E-state index contributed by atoms with van der Waals surface area (Å²) in [5.41, 5.74) is -1.71. The van der Waals surface area contributed by atoms with E-state index in [1.807, 2.05) is 0 Å². The average molecular weight is 385 g/mol. The first kappa shape index (κ1) is 19.8. The maximum absolute atomic E-state index is 12.6. The molecule has 2 aromatic rings. The van der Waals surface area contributed by atoms with Crippen molar-refractivity contribution in [3.05, 3.63) is 59.1 Å². The van der Waals surface area contributed by atoms with Crippen LogP contribution in [-0.4, -0.2) is 11.8 Å². The van der Waals surface area contributed by atoms with Gasteiger partial charge in [-0.3, -0.25) is 9.59 Å². The zero-order valence-corrected chi connectivity index (χ0v) is 14.7. The number of hydrogen-bond donors (Lipinski definition) is 2. The molecule has 0 spiro atoms. The van der Waals surface area contributed by atoms with Gasteiger partial charge >= 0.3 is 6.18 Å². The third-order valence-corrected chi connectivity index (χ3v) is 3.92. The minimum Gasteiger partial charge on any atom is -0.325 e. The highest BCUT2D eigenvalue weighted by atomic mass is 35.5. The van der Waals surface area contributed by atoms with Gasteiger partial charge in [-0.25, -0.2) is 0 Å². The number of carbonyl (C=O) groups is 2. The number of hydrogen-bond acceptors (Lipinski definition) is 2. The van der Waals surface area contributed by atoms with Gasteiger partial charge in [0.2, 0.25) is 11.8 Å². The topological polar surface area (TPSA) is 58.2 Å². The zero-order chi connectivity index (χ0) is 19.5. The molecule has 0 fully saturated rings. The molecule has 26 heavy (non-hydrogen) atoms. The summed E-state index contributed by atoms with van der Waals surface area (Å²) in [6.07, 6.45) is -4.46. The maximum Gasteiger partial charge on any atom is 0.416 e. The van der Waals surface area contributed by atoms with Gasteiger partial charge < -0.3 is 10.6 Å². The standard InChI is InChI=1S/C18H16ClF3N2O2/c1-17(2,16(26)24-14-5-3-4-12(19)10-14)15(25)23-13-8-6-11(7-9-13)18(20,21)22/h3-10H,1-2H3,(H,23,25)(H,24,26). The molecule has 0 aromatic heterocycles. The molecule has 8 heteroatoms. The van der Waals surface area contributed by atoms with Gasteiger partial charge in [-0.1, -0.05) is 17.7 Å². The van der Waals surface area contributed by atoms with Gasteiger partial charge in [-0.05, 0) is 56.3 Å². The van der Waals surface area contributed by atoms with Crippen LogP contribution in [0.3, 0.4) is 0 Å². The number of halogens is 4. The highest BCUT2D eigenvalue weighted by molar-refractivity contribution is 6.31. The Balaban J connectivity index is 2.08. The monoisotopic (exact) mass is 384 g/mol. The smallest absolute Gasteiger partial charge is 0.325 e. The van der Waals surface area contributed by atoms with Crippen molar-refractivity contribution in [3.63, 3.8) is 0 Å². The van der Waals surface area contributed by atoms with Crippen LogP contribution in [0.2, 0.25) is 5.02 Å². The van der Waals surface area contributed by atoms with Crippen molar-refractivity contribution >= 4 is 34.8 Å². The van der Waals surface area contributed by atoms with Crippen LogP contribution >= 0.6 is 11.6 Å². The van der Waals surface area contributed by atoms with Crippen molar-refractivity contribution in [1.82, 2.24) is 0 Å². The van der Waals surface area contributed by atoms with E-state index in [4.69, 9.17) is 11.6 Å². The van der Waals surface area contributed by atoms with E-state index in [1.165, 1.54) is 19.9 Å². The van der Waals surface area contributed by atoms with Gasteiger partial charge in [0.15, 0.2) is 0 Å². The second kappa shape index (κ2) is 7.37. The summed E-state index contributed by atoms with van der Waals surface area (Å²) in [4.78, 5) is 24.8. The minimum atomic E-state index is -4.46. The lowest BCUT2D eigenvalue weighted by Crippen LogP contribution is -2.41. The van der Waals surface area contributed by atoms with Crippen LogP contribution in [-0.2, 0) is 15.8 Å². The van der Waals surface area contributed by atoms with Crippen molar-refractivity contribution in [3.8, 4) is 0 Å². The Kier molecular flexibility index (Phi) is 5.61. The number of alkyl halides is 3. The Morgan fingerprint density at radius 2 is 1.42 bits per heavy atom. The number of amides is 2. The lowest BCUT2D eigenvalue weighted by molar-refractivity contribution is -0.137. The summed E-state index contributed by atoms with van der Waals surface area (Å²) < 4.78 is 37.7. The molecule has 0 atom stereocenters. The first-order chi connectivity index (χ1) is 12.0. The number of rotatable bonds is 4. The normalized spacial score (nSPS) is 11.8. The van der Waals surface area contributed by atoms with E-state index in [9.17, 15) is 22.8 Å². The third kappa shape index (κ3) is 4.76. The van der Waals surface area contributed by atoms with E-state index in [0.29, 0.717) is 10.7 Å². The molecule has 0 bridgehead atoms. The molecule has 0 aliphatic heterocycles. The van der Waals surface area contributed by atoms with Crippen LogP contribution in [0.25, 0.3) is 0 Å². The Hall–Kier alpha value is -2.54. The predicted molar refractivity (Wildman–Crippen MR) is 93.9 cm³/mol. The van der Waals surface area contributed by atoms with Crippen LogP contribution in [0.15, 0.2) is 48.5 Å². The summed E-state index contributed by atoms with van der Waals surface area (Å²) in [7, 11) is 0. The molecule has 0 saturated carbocycles. The van der Waals surface area contributed by atoms with E-state index < -0.39 is 29.0 Å². The maximum atomic E-state index is 12.6. The van der Waals surface area contributed by atoms with Gasteiger partial charge in [0, 0.05) is 16.4 Å². The first-order valence-electron chi connectivity index (χ1n) is 7.56. The molecule has 0 unspecified atom stereocenters. The Morgan fingerprint density at radius 3 is 1.92 bits per heavy atom. The minimum absolute atomic E-state index is 0.159. The van der Waals surface area contributed by atoms with Crippen molar-refractivity contribution in [1.29, 1.82) is 0 Å². The molecule has 2 amide bonds. The lowest BCUT2D eigenvalue weighted by Gasteiger charge is -2.23. The molecule has 2 rings (SSSR count). The van der Waals surface area contributed by atoms with Gasteiger partial charge in [-0.2, -0.15) is 13.2 Å². The summed E-state index contributed by atoms with van der Waals surface area (Å²) in [6, 6.07) is 10.4. The molecule has 2 aromatic carbocycles. The molecule has 0 heterocycles. The highest BCUT2D eigenvalue weighted by Crippen LogP contribution is 2.30. The fraction of sp³-hybridized carbons (Fsp3) is 0.222. The van der Waals surface area contributed by atoms with E-state index in [-0.39, 0.29) is 5.69 Å². The number of anilines is 2. The molecule has 0 aliphatic rings. The van der Waals surface area contributed by atoms with Gasteiger partial charge in [0.25, 0.3) is 0 Å². The Morgan fingerprint density at radius 1 is 0.885 bits per heavy atom. The summed E-state index contributed by atoms with van der Waals surface area (Å²) in [5, 5.41) is 5.46. The van der Waals surface area contributed by atoms with Gasteiger partial charge in [-0.15, -0.1) is 0 Å². The molecule has 2 N–H and O–H groups in total. The second-order valence-corrected chi connectivity index (χ2v) is 6.56. The molecule has 0 radical (unpaired) electrons. The fourth-order valence-electron chi connectivity index (χ4n) is 1.99. The second-order valence-electron chi connectivity index (χ2n) is 6.12. The molecule has 0 aliphatic carbocycles. The number of carbonyl (C=O) groups excluding carboxylic acids is 2. The zero-order valence-electron chi connectivity index (χ0n) is 13.9. The van der Waals surface area contributed by atoms with E-state index in [1.54, 1.807) is 18.2 Å². The molecule has 138 valence electrons. The lowest BCUT2D eigenvalue weighted by atomic mass is 9.90. The van der Waals surface area contributed by atoms with E-state index >= 15 is 0 Å². The average Bonchev–Trinajstić information content (AvgIpc) is 2.54. The fourth-order valence-corrected chi connectivity index (χ4v) is 2.18. The summed E-state index contributed by atoms with van der Waals surface area (Å²) in [6.45, 7) is 2.82. The largest absolute Gasteiger partial charge is 0.416 e. The van der Waals surface area contributed by atoms with Gasteiger partial charge in [0.1, 0.15) is 5.41 Å². The summed E-state index contributed by atoms with van der Waals surface area (Å²) >= 11 is 5.85. The van der Waals surface area contributed by atoms with Crippen LogP contribution in [0.4, 0.5) is 24.5 Å². The van der Waals surface area contributed by atoms with Crippen molar-refractivity contribution in [2.45, 2.75) is 20.0 Å². The number of nitrogens with one attached hydrogen (secondary N) is 2. The Bertz CT molecular complexity index is 818. The van der Waals surface area contributed by atoms with Crippen LogP contribution in [0, 0.1) is 5.41 Å². The molecular formula is C18H16ClF3N2O2. The van der Waals surface area contributed by atoms with Crippen molar-refractivity contribution in [2.75, 3.05) is 10.6 Å². The van der Waals surface area contributed by atoms with E-state index in [2.05, 4.69) is 10.6 Å². The van der Waals surface area contributed by atoms with Crippen LogP contribution in [0.5, 0.6) is 0 Å². The molecule has 0 saturated heterocycles. The third-order valence-electron chi connectivity index (χ3n) is 3.69. The van der Waals surface area contributed by atoms with Crippen LogP contribution in [0.1, 0.15) is 19.4 Å². The first-order valence-corrected chi connectivity index (χ1v) is 7.93. The van der Waals surface area contributed by atoms with Crippen molar-refractivity contribution < 1.29 is 22.8 Å². The Labute approximate surface area is 153 Å². The summed E-state index contributed by atoms with van der Waals surface area (Å²) in [5.74, 6) is -1.24. The molecule has 4 nitrogen and oxygen atoms in total. The molecular weight excluding hydrogens is 369 g/mol. The predicted octanol–water partition coefficient (Wildman–Crippen LogP) is 4.96.